The van der Waals surface area contributed by atoms with Crippen molar-refractivity contribution >= 4 is 62.0 Å². The molecule has 0 N–H and O–H groups in total. The van der Waals surface area contributed by atoms with Gasteiger partial charge in [-0.2, -0.15) is 4.57 Å². The van der Waals surface area contributed by atoms with Crippen molar-refractivity contribution in [3.63, 3.8) is 0 Å². The van der Waals surface area contributed by atoms with Crippen LogP contribution in [0, 0.1) is 0 Å². The largest absolute Gasteiger partial charge is 1.00 e. The van der Waals surface area contributed by atoms with E-state index in [1.54, 1.807) is 7.11 Å². The topological polar surface area (TPSA) is 16.4 Å². The molecule has 0 saturated heterocycles. The average molecular weight is 648 g/mol. The molecule has 0 radical (unpaired) electrons. The van der Waals surface area contributed by atoms with Crippen LogP contribution in [0.1, 0.15) is 36.8 Å². The number of nitrogens with zero attached hydrogens (tertiary/aromatic N) is 2. The van der Waals surface area contributed by atoms with Crippen molar-refractivity contribution < 1.29 is 33.3 Å². The van der Waals surface area contributed by atoms with Crippen LogP contribution in [-0.4, -0.2) is 25.1 Å². The lowest BCUT2D eigenvalue weighted by Gasteiger charge is -2.11. The van der Waals surface area contributed by atoms with Crippen LogP contribution in [0.5, 0.6) is 5.75 Å². The molecule has 1 heterocycles. The van der Waals surface area contributed by atoms with Crippen molar-refractivity contribution in [2.45, 2.75) is 36.7 Å². The van der Waals surface area contributed by atoms with Crippen LogP contribution in [0.2, 0.25) is 0 Å². The maximum atomic E-state index is 5.68. The molecule has 0 aliphatic rings. The number of hydrogen-bond acceptors (Lipinski definition) is 3. The number of ether oxygens (including phenoxy) is 1. The zero-order valence-corrected chi connectivity index (χ0v) is 23.2. The van der Waals surface area contributed by atoms with Gasteiger partial charge in [0.25, 0.3) is 10.5 Å². The number of anilines is 1. The van der Waals surface area contributed by atoms with Crippen molar-refractivity contribution in [2.24, 2.45) is 0 Å². The molecule has 1 atom stereocenters. The summed E-state index contributed by atoms with van der Waals surface area (Å²) in [6, 6.07) is 15.0. The van der Waals surface area contributed by atoms with E-state index >= 15 is 0 Å². The molecule has 0 amide bonds. The fourth-order valence-electron chi connectivity index (χ4n) is 3.37. The maximum absolute atomic E-state index is 5.68. The first kappa shape index (κ1) is 25.4. The first-order chi connectivity index (χ1) is 14.0. The summed E-state index contributed by atoms with van der Waals surface area (Å²) >= 11 is 4.40. The van der Waals surface area contributed by atoms with Crippen LogP contribution >= 0.6 is 33.9 Å². The van der Waals surface area contributed by atoms with Gasteiger partial charge in [-0.1, -0.05) is 59.1 Å². The molecule has 0 bridgehead atoms. The van der Waals surface area contributed by atoms with Gasteiger partial charge < -0.3 is 33.6 Å². The third kappa shape index (κ3) is 6.32. The van der Waals surface area contributed by atoms with E-state index in [-0.39, 0.29) is 24.0 Å². The molecule has 3 nitrogen and oxygen atoms in total. The molecule has 30 heavy (non-hydrogen) atoms. The van der Waals surface area contributed by atoms with E-state index in [0.29, 0.717) is 0 Å². The quantitative estimate of drug-likeness (QED) is 0.201. The molecule has 1 aromatic heterocycles. The number of thiazole rings is 1. The highest BCUT2D eigenvalue weighted by Gasteiger charge is 2.22. The number of fused-ring (bicyclic) bond motifs is 1. The van der Waals surface area contributed by atoms with Crippen LogP contribution in [-0.2, 0) is 6.54 Å². The lowest BCUT2D eigenvalue weighted by Crippen LogP contribution is -3.00. The van der Waals surface area contributed by atoms with Crippen molar-refractivity contribution in [3.05, 3.63) is 53.0 Å². The van der Waals surface area contributed by atoms with Crippen molar-refractivity contribution in [1.29, 1.82) is 0 Å². The van der Waals surface area contributed by atoms with Crippen molar-refractivity contribution in [2.75, 3.05) is 26.1 Å². The number of para-hydroxylation sites is 1. The summed E-state index contributed by atoms with van der Waals surface area (Å²) in [4.78, 5) is 2.12. The fourth-order valence-corrected chi connectivity index (χ4v) is 4.91. The molecular weight excluding hydrogens is 618 g/mol. The molecule has 3 aromatic rings. The van der Waals surface area contributed by atoms with Gasteiger partial charge in [0, 0.05) is 36.2 Å². The standard InChI is InChI=1S/C24H30IN2OS.HI/c1-5-19(25)8-7-17-27-23(29-22-10-6-9-21(28-4)24(22)27)16-13-18-11-14-20(15-12-18)26(2)3;/h6,9-16,19H,5,7-8,17H2,1-4H3;1H/q+1;/p-1. The van der Waals surface area contributed by atoms with E-state index in [4.69, 9.17) is 4.74 Å². The molecule has 1 unspecified atom stereocenters. The van der Waals surface area contributed by atoms with Gasteiger partial charge in [0.05, 0.1) is 7.11 Å². The van der Waals surface area contributed by atoms with Gasteiger partial charge in [0.1, 0.15) is 4.70 Å². The molecular formula is C24H30I2N2OS. The Morgan fingerprint density at radius 3 is 2.50 bits per heavy atom. The summed E-state index contributed by atoms with van der Waals surface area (Å²) in [5.74, 6) is 0.954. The number of alkyl halides is 1. The highest BCUT2D eigenvalue weighted by molar-refractivity contribution is 14.1. The molecule has 0 saturated carbocycles. The molecule has 6 heteroatoms. The Labute approximate surface area is 215 Å². The first-order valence-corrected chi connectivity index (χ1v) is 12.2. The van der Waals surface area contributed by atoms with Crippen LogP contribution < -0.4 is 38.2 Å². The Bertz CT molecular complexity index is 967. The predicted molar refractivity (Wildman–Crippen MR) is 136 cm³/mol. The summed E-state index contributed by atoms with van der Waals surface area (Å²) in [6.07, 6.45) is 8.10. The van der Waals surface area contributed by atoms with Gasteiger partial charge in [-0.15, -0.1) is 0 Å². The third-order valence-electron chi connectivity index (χ3n) is 5.10. The number of halogens is 2. The molecule has 162 valence electrons. The monoisotopic (exact) mass is 648 g/mol. The number of rotatable bonds is 9. The Balaban J connectivity index is 0.00000320. The van der Waals surface area contributed by atoms with Crippen LogP contribution in [0.3, 0.4) is 0 Å². The molecule has 0 aliphatic heterocycles. The average Bonchev–Trinajstić information content (AvgIpc) is 3.10. The smallest absolute Gasteiger partial charge is 0.266 e. The third-order valence-corrected chi connectivity index (χ3v) is 7.72. The summed E-state index contributed by atoms with van der Waals surface area (Å²) in [6.45, 7) is 3.28. The van der Waals surface area contributed by atoms with E-state index in [9.17, 15) is 0 Å². The van der Waals surface area contributed by atoms with Crippen molar-refractivity contribution in [1.82, 2.24) is 0 Å². The number of hydrogen-bond donors (Lipinski definition) is 0. The Morgan fingerprint density at radius 2 is 1.87 bits per heavy atom. The van der Waals surface area contributed by atoms with E-state index in [0.717, 1.165) is 16.2 Å². The van der Waals surface area contributed by atoms with E-state index in [1.165, 1.54) is 45.7 Å². The second-order valence-corrected chi connectivity index (χ2v) is 10.2. The highest BCUT2D eigenvalue weighted by atomic mass is 127. The molecule has 0 aliphatic carbocycles. The van der Waals surface area contributed by atoms with E-state index in [2.05, 4.69) is 108 Å². The summed E-state index contributed by atoms with van der Waals surface area (Å²) in [7, 11) is 5.89. The minimum absolute atomic E-state index is 0. The van der Waals surface area contributed by atoms with Gasteiger partial charge in [-0.25, -0.2) is 0 Å². The second kappa shape index (κ2) is 12.2. The van der Waals surface area contributed by atoms with Gasteiger partial charge in [-0.3, -0.25) is 0 Å². The number of benzene rings is 2. The fraction of sp³-hybridized carbons (Fsp3) is 0.375. The normalized spacial score (nSPS) is 12.2. The summed E-state index contributed by atoms with van der Waals surface area (Å²) in [5, 5.41) is 1.27. The molecule has 0 spiro atoms. The van der Waals surface area contributed by atoms with Gasteiger partial charge in [-0.05, 0) is 48.7 Å². The number of aryl methyl sites for hydroxylation is 1. The number of methoxy groups -OCH3 is 1. The lowest BCUT2D eigenvalue weighted by atomic mass is 10.2. The minimum atomic E-state index is 0. The van der Waals surface area contributed by atoms with Crippen LogP contribution in [0.25, 0.3) is 22.4 Å². The van der Waals surface area contributed by atoms with Gasteiger partial charge in [0.2, 0.25) is 0 Å². The van der Waals surface area contributed by atoms with E-state index < -0.39 is 0 Å². The Kier molecular flexibility index (Phi) is 10.4. The zero-order chi connectivity index (χ0) is 20.8. The van der Waals surface area contributed by atoms with Gasteiger partial charge >= 0.3 is 0 Å². The highest BCUT2D eigenvalue weighted by Crippen LogP contribution is 2.29. The van der Waals surface area contributed by atoms with E-state index in [1.807, 2.05) is 11.3 Å². The number of aromatic nitrogens is 1. The van der Waals surface area contributed by atoms with Crippen LogP contribution in [0.4, 0.5) is 5.69 Å². The Morgan fingerprint density at radius 1 is 1.13 bits per heavy atom. The van der Waals surface area contributed by atoms with Gasteiger partial charge in [0.15, 0.2) is 12.3 Å². The predicted octanol–water partition coefficient (Wildman–Crippen LogP) is 3.43. The minimum Gasteiger partial charge on any atom is -1.00 e. The molecule has 3 rings (SSSR count). The molecule has 2 aromatic carbocycles. The summed E-state index contributed by atoms with van der Waals surface area (Å²) < 4.78 is 10.1. The second-order valence-electron chi connectivity index (χ2n) is 7.37. The lowest BCUT2D eigenvalue weighted by molar-refractivity contribution is -0.669. The Hall–Kier alpha value is -0.870. The SMILES string of the molecule is CCC(I)CCC[n+]1c(/C=C/c2ccc(N(C)C)cc2)sc2cccc(OC)c21.[I-]. The summed E-state index contributed by atoms with van der Waals surface area (Å²) in [5.41, 5.74) is 3.64. The van der Waals surface area contributed by atoms with Crippen molar-refractivity contribution in [3.8, 4) is 5.75 Å². The van der Waals surface area contributed by atoms with Crippen LogP contribution in [0.15, 0.2) is 42.5 Å². The maximum Gasteiger partial charge on any atom is 0.266 e. The molecule has 0 fully saturated rings. The first-order valence-electron chi connectivity index (χ1n) is 10.1. The zero-order valence-electron chi connectivity index (χ0n) is 18.1.